The number of methoxy groups -OCH3 is 1. The van der Waals surface area contributed by atoms with Gasteiger partial charge in [-0.2, -0.15) is 0 Å². The monoisotopic (exact) mass is 356 g/mol. The molecule has 0 aliphatic rings. The number of hydrogen-bond acceptors (Lipinski definition) is 1. The predicted octanol–water partition coefficient (Wildman–Crippen LogP) is 5.15. The lowest BCUT2D eigenvalue weighted by atomic mass is 10.0. The van der Waals surface area contributed by atoms with Gasteiger partial charge in [0, 0.05) is 17.7 Å². The van der Waals surface area contributed by atoms with Gasteiger partial charge in [0.25, 0.3) is 0 Å². The van der Waals surface area contributed by atoms with Crippen LogP contribution in [0.25, 0.3) is 0 Å². The fourth-order valence-electron chi connectivity index (χ4n) is 1.96. The topological polar surface area (TPSA) is 9.23 Å². The van der Waals surface area contributed by atoms with Crippen molar-refractivity contribution in [3.05, 3.63) is 70.0 Å². The molecule has 4 heteroatoms. The van der Waals surface area contributed by atoms with E-state index in [4.69, 9.17) is 16.3 Å². The number of alkyl halides is 1. The number of halogens is 3. The highest BCUT2D eigenvalue weighted by Gasteiger charge is 2.15. The van der Waals surface area contributed by atoms with Crippen molar-refractivity contribution in [1.82, 2.24) is 0 Å². The van der Waals surface area contributed by atoms with E-state index in [1.54, 1.807) is 19.2 Å². The lowest BCUT2D eigenvalue weighted by Gasteiger charge is -2.12. The van der Waals surface area contributed by atoms with Gasteiger partial charge in [-0.15, -0.1) is 0 Å². The summed E-state index contributed by atoms with van der Waals surface area (Å²) in [4.78, 5) is -0.184. The van der Waals surface area contributed by atoms with E-state index >= 15 is 0 Å². The first-order chi connectivity index (χ1) is 9.61. The second-order valence-corrected chi connectivity index (χ2v) is 5.86. The van der Waals surface area contributed by atoms with Gasteiger partial charge in [0.2, 0.25) is 0 Å². The average molecular weight is 358 g/mol. The molecule has 0 radical (unpaired) electrons. The highest BCUT2D eigenvalue weighted by molar-refractivity contribution is 9.09. The lowest BCUT2D eigenvalue weighted by Crippen LogP contribution is -1.98. The van der Waals surface area contributed by atoms with Crippen LogP contribution in [-0.4, -0.2) is 13.7 Å². The molecular formula is C16H15BrClFO. The molecule has 1 atom stereocenters. The summed E-state index contributed by atoms with van der Waals surface area (Å²) in [6, 6.07) is 12.8. The molecule has 0 amide bonds. The largest absolute Gasteiger partial charge is 0.384 e. The Kier molecular flexibility index (Phi) is 5.58. The Bertz CT molecular complexity index is 571. The molecule has 2 rings (SSSR count). The number of benzene rings is 2. The van der Waals surface area contributed by atoms with Gasteiger partial charge in [-0.3, -0.25) is 0 Å². The average Bonchev–Trinajstić information content (AvgIpc) is 2.45. The first kappa shape index (κ1) is 15.5. The maximum atomic E-state index is 13.9. The zero-order valence-electron chi connectivity index (χ0n) is 11.1. The molecule has 0 aliphatic carbocycles. The molecule has 0 heterocycles. The third-order valence-electron chi connectivity index (χ3n) is 3.10. The molecule has 0 aliphatic heterocycles. The minimum absolute atomic E-state index is 0.184. The standard InChI is InChI=1S/C16H15BrClFO/c1-20-9-8-11-2-4-12(5-3-11)16(17)14-7-6-13(18)10-15(14)19/h2-7,10,16H,8-9H2,1H3. The van der Waals surface area contributed by atoms with E-state index in [-0.39, 0.29) is 10.6 Å². The zero-order chi connectivity index (χ0) is 14.5. The number of ether oxygens (including phenoxy) is 1. The van der Waals surface area contributed by atoms with Crippen molar-refractivity contribution in [2.75, 3.05) is 13.7 Å². The van der Waals surface area contributed by atoms with Crippen LogP contribution in [0.2, 0.25) is 5.02 Å². The van der Waals surface area contributed by atoms with E-state index in [1.807, 2.05) is 24.3 Å². The van der Waals surface area contributed by atoms with Gasteiger partial charge in [-0.25, -0.2) is 4.39 Å². The summed E-state index contributed by atoms with van der Waals surface area (Å²) in [6.07, 6.45) is 0.874. The van der Waals surface area contributed by atoms with Crippen LogP contribution in [0, 0.1) is 5.82 Å². The highest BCUT2D eigenvalue weighted by Crippen LogP contribution is 2.33. The van der Waals surface area contributed by atoms with E-state index in [0.29, 0.717) is 17.2 Å². The molecule has 0 fully saturated rings. The van der Waals surface area contributed by atoms with Crippen LogP contribution in [0.1, 0.15) is 21.5 Å². The summed E-state index contributed by atoms with van der Waals surface area (Å²) in [5, 5.41) is 0.404. The molecule has 0 aromatic heterocycles. The van der Waals surface area contributed by atoms with Crippen molar-refractivity contribution in [2.45, 2.75) is 11.2 Å². The van der Waals surface area contributed by atoms with Gasteiger partial charge in [-0.1, -0.05) is 57.9 Å². The van der Waals surface area contributed by atoms with Gasteiger partial charge in [-0.05, 0) is 29.7 Å². The molecule has 2 aromatic rings. The fraction of sp³-hybridized carbons (Fsp3) is 0.250. The highest BCUT2D eigenvalue weighted by atomic mass is 79.9. The summed E-state index contributed by atoms with van der Waals surface area (Å²) in [6.45, 7) is 0.697. The van der Waals surface area contributed by atoms with E-state index in [2.05, 4.69) is 15.9 Å². The van der Waals surface area contributed by atoms with E-state index in [0.717, 1.165) is 12.0 Å². The van der Waals surface area contributed by atoms with Gasteiger partial charge in [0.1, 0.15) is 5.82 Å². The Balaban J connectivity index is 2.18. The van der Waals surface area contributed by atoms with Crippen molar-refractivity contribution in [1.29, 1.82) is 0 Å². The summed E-state index contributed by atoms with van der Waals surface area (Å²) < 4.78 is 18.9. The van der Waals surface area contributed by atoms with Crippen molar-refractivity contribution in [3.8, 4) is 0 Å². The van der Waals surface area contributed by atoms with Crippen LogP contribution < -0.4 is 0 Å². The summed E-state index contributed by atoms with van der Waals surface area (Å²) >= 11 is 9.31. The Hall–Kier alpha value is -0.900. The van der Waals surface area contributed by atoms with Crippen molar-refractivity contribution in [2.24, 2.45) is 0 Å². The van der Waals surface area contributed by atoms with Crippen LogP contribution >= 0.6 is 27.5 Å². The first-order valence-electron chi connectivity index (χ1n) is 6.28. The van der Waals surface area contributed by atoms with E-state index in [9.17, 15) is 4.39 Å². The van der Waals surface area contributed by atoms with Gasteiger partial charge < -0.3 is 4.74 Å². The molecule has 0 spiro atoms. The molecule has 1 unspecified atom stereocenters. The van der Waals surface area contributed by atoms with Gasteiger partial charge in [0.15, 0.2) is 0 Å². The molecule has 2 aromatic carbocycles. The zero-order valence-corrected chi connectivity index (χ0v) is 13.4. The molecule has 0 saturated carbocycles. The summed E-state index contributed by atoms with van der Waals surface area (Å²) in [5.74, 6) is -0.303. The third-order valence-corrected chi connectivity index (χ3v) is 4.36. The van der Waals surface area contributed by atoms with Crippen LogP contribution in [0.3, 0.4) is 0 Å². The van der Waals surface area contributed by atoms with Crippen LogP contribution in [0.15, 0.2) is 42.5 Å². The Morgan fingerprint density at radius 2 is 1.90 bits per heavy atom. The maximum absolute atomic E-state index is 13.9. The SMILES string of the molecule is COCCc1ccc(C(Br)c2ccc(Cl)cc2F)cc1. The van der Waals surface area contributed by atoms with Crippen LogP contribution in [0.4, 0.5) is 4.39 Å². The molecule has 1 nitrogen and oxygen atoms in total. The quantitative estimate of drug-likeness (QED) is 0.672. The Morgan fingerprint density at radius 3 is 2.50 bits per heavy atom. The number of rotatable bonds is 5. The Morgan fingerprint density at radius 1 is 1.20 bits per heavy atom. The van der Waals surface area contributed by atoms with Crippen molar-refractivity contribution >= 4 is 27.5 Å². The summed E-state index contributed by atoms with van der Waals surface area (Å²) in [7, 11) is 1.69. The van der Waals surface area contributed by atoms with E-state index in [1.165, 1.54) is 11.6 Å². The maximum Gasteiger partial charge on any atom is 0.129 e. The van der Waals surface area contributed by atoms with Crippen molar-refractivity contribution in [3.63, 3.8) is 0 Å². The molecule has 20 heavy (non-hydrogen) atoms. The minimum Gasteiger partial charge on any atom is -0.384 e. The van der Waals surface area contributed by atoms with Crippen LogP contribution in [0.5, 0.6) is 0 Å². The molecule has 0 bridgehead atoms. The second-order valence-electron chi connectivity index (χ2n) is 4.51. The van der Waals surface area contributed by atoms with Gasteiger partial charge in [0.05, 0.1) is 11.4 Å². The first-order valence-corrected chi connectivity index (χ1v) is 7.58. The molecular weight excluding hydrogens is 343 g/mol. The molecule has 0 saturated heterocycles. The molecule has 0 N–H and O–H groups in total. The van der Waals surface area contributed by atoms with Gasteiger partial charge >= 0.3 is 0 Å². The fourth-order valence-corrected chi connectivity index (χ4v) is 2.80. The predicted molar refractivity (Wildman–Crippen MR) is 84.2 cm³/mol. The van der Waals surface area contributed by atoms with Crippen LogP contribution in [-0.2, 0) is 11.2 Å². The molecule has 106 valence electrons. The smallest absolute Gasteiger partial charge is 0.129 e. The third kappa shape index (κ3) is 3.81. The number of hydrogen-bond donors (Lipinski definition) is 0. The minimum atomic E-state index is -0.303. The van der Waals surface area contributed by atoms with E-state index < -0.39 is 0 Å². The Labute approximate surface area is 131 Å². The normalized spacial score (nSPS) is 12.4. The lowest BCUT2D eigenvalue weighted by molar-refractivity contribution is 0.202. The van der Waals surface area contributed by atoms with Crippen molar-refractivity contribution < 1.29 is 9.13 Å². The second kappa shape index (κ2) is 7.21. The summed E-state index contributed by atoms with van der Waals surface area (Å²) in [5.41, 5.74) is 2.79.